The van der Waals surface area contributed by atoms with Gasteiger partial charge in [-0.15, -0.1) is 0 Å². The summed E-state index contributed by atoms with van der Waals surface area (Å²) >= 11 is 3.07. The number of nitrogens with zero attached hydrogens (tertiary/aromatic N) is 1. The molecular weight excluding hydrogens is 314 g/mol. The summed E-state index contributed by atoms with van der Waals surface area (Å²) in [4.78, 5) is 29.2. The quantitative estimate of drug-likeness (QED) is 0.665. The number of H-pyrrole nitrogens is 1. The highest BCUT2D eigenvalue weighted by Gasteiger charge is 2.13. The molecule has 0 amide bonds. The lowest BCUT2D eigenvalue weighted by atomic mass is 10.1. The van der Waals surface area contributed by atoms with E-state index in [1.165, 1.54) is 19.3 Å². The third-order valence-electron chi connectivity index (χ3n) is 2.35. The van der Waals surface area contributed by atoms with Crippen LogP contribution in [0.4, 0.5) is 5.69 Å². The van der Waals surface area contributed by atoms with Gasteiger partial charge in [0, 0.05) is 5.69 Å². The van der Waals surface area contributed by atoms with Crippen molar-refractivity contribution in [2.75, 3.05) is 5.73 Å². The molecule has 0 bridgehead atoms. The summed E-state index contributed by atoms with van der Waals surface area (Å²) in [6, 6.07) is 4.67. The first kappa shape index (κ1) is 13.3. The number of halogens is 1. The number of ether oxygens (including phenoxy) is 1. The molecule has 0 aliphatic carbocycles. The van der Waals surface area contributed by atoms with E-state index in [0.29, 0.717) is 17.0 Å². The second-order valence-corrected chi connectivity index (χ2v) is 4.56. The Balaban J connectivity index is 2.46. The molecule has 1 aromatic heterocycles. The van der Waals surface area contributed by atoms with Crippen LogP contribution in [0, 0.1) is 0 Å². The van der Waals surface area contributed by atoms with E-state index in [9.17, 15) is 9.59 Å². The normalized spacial score (nSPS) is 10.2. The van der Waals surface area contributed by atoms with E-state index < -0.39 is 0 Å². The van der Waals surface area contributed by atoms with E-state index >= 15 is 0 Å². The van der Waals surface area contributed by atoms with Gasteiger partial charge in [-0.25, -0.2) is 4.98 Å². The third kappa shape index (κ3) is 2.82. The summed E-state index contributed by atoms with van der Waals surface area (Å²) in [7, 11) is 0. The van der Waals surface area contributed by atoms with Crippen LogP contribution in [0.5, 0.6) is 11.6 Å². The molecule has 0 atom stereocenters. The predicted molar refractivity (Wildman–Crippen MR) is 73.5 cm³/mol. The number of ketones is 1. The van der Waals surface area contributed by atoms with Crippen LogP contribution in [0.1, 0.15) is 17.3 Å². The molecule has 2 rings (SSSR count). The molecule has 0 aliphatic rings. The van der Waals surface area contributed by atoms with Gasteiger partial charge in [-0.1, -0.05) is 0 Å². The lowest BCUT2D eigenvalue weighted by Gasteiger charge is -2.09. The maximum atomic E-state index is 11.5. The van der Waals surface area contributed by atoms with Crippen molar-refractivity contribution in [1.82, 2.24) is 9.97 Å². The molecule has 1 heterocycles. The van der Waals surface area contributed by atoms with Crippen molar-refractivity contribution in [2.24, 2.45) is 0 Å². The van der Waals surface area contributed by atoms with Gasteiger partial charge < -0.3 is 15.5 Å². The number of carbonyl (C=O) groups is 1. The molecule has 0 aliphatic heterocycles. The van der Waals surface area contributed by atoms with Gasteiger partial charge in [-0.2, -0.15) is 0 Å². The Kier molecular flexibility index (Phi) is 3.66. The molecule has 0 fully saturated rings. The number of anilines is 1. The average molecular weight is 324 g/mol. The van der Waals surface area contributed by atoms with Gasteiger partial charge in [0.25, 0.3) is 5.56 Å². The van der Waals surface area contributed by atoms with Gasteiger partial charge in [0.1, 0.15) is 10.2 Å². The minimum atomic E-state index is -0.371. The molecule has 7 heteroatoms. The lowest BCUT2D eigenvalue weighted by molar-refractivity contribution is 0.101. The molecule has 0 spiro atoms. The Labute approximate surface area is 116 Å². The highest BCUT2D eigenvalue weighted by molar-refractivity contribution is 9.10. The Bertz CT molecular complexity index is 697. The van der Waals surface area contributed by atoms with Crippen LogP contribution >= 0.6 is 15.9 Å². The third-order valence-corrected chi connectivity index (χ3v) is 3.05. The molecule has 2 aromatic rings. The van der Waals surface area contributed by atoms with Crippen LogP contribution in [-0.2, 0) is 0 Å². The lowest BCUT2D eigenvalue weighted by Crippen LogP contribution is -2.09. The summed E-state index contributed by atoms with van der Waals surface area (Å²) in [6.07, 6.45) is 1.22. The summed E-state index contributed by atoms with van der Waals surface area (Å²) in [5.74, 6) is 0.180. The zero-order valence-electron chi connectivity index (χ0n) is 9.94. The van der Waals surface area contributed by atoms with Gasteiger partial charge in [0.15, 0.2) is 5.78 Å². The second kappa shape index (κ2) is 5.23. The Morgan fingerprint density at radius 1 is 1.47 bits per heavy atom. The zero-order valence-corrected chi connectivity index (χ0v) is 11.5. The van der Waals surface area contributed by atoms with Gasteiger partial charge in [-0.05, 0) is 41.1 Å². The fraction of sp³-hybridized carbons (Fsp3) is 0.0833. The number of nitrogens with two attached hydrogens (primary N) is 1. The molecule has 3 N–H and O–H groups in total. The van der Waals surface area contributed by atoms with Crippen molar-refractivity contribution in [3.05, 3.63) is 44.9 Å². The maximum Gasteiger partial charge on any atom is 0.268 e. The Morgan fingerprint density at radius 3 is 2.89 bits per heavy atom. The standard InChI is InChI=1S/C12H10BrN3O3/c1-6(17)8-4-7(14)2-3-9(8)19-12-10(13)11(18)15-5-16-12/h2-5H,14H2,1H3,(H,15,16,18). The smallest absolute Gasteiger partial charge is 0.268 e. The van der Waals surface area contributed by atoms with Crippen molar-refractivity contribution in [2.45, 2.75) is 6.92 Å². The van der Waals surface area contributed by atoms with Gasteiger partial charge in [0.05, 0.1) is 11.9 Å². The Hall–Kier alpha value is -2.15. The SMILES string of the molecule is CC(=O)c1cc(N)ccc1Oc1nc[nH]c(=O)c1Br. The molecule has 0 saturated heterocycles. The van der Waals surface area contributed by atoms with Crippen molar-refractivity contribution in [1.29, 1.82) is 0 Å². The maximum absolute atomic E-state index is 11.5. The zero-order chi connectivity index (χ0) is 14.0. The highest BCUT2D eigenvalue weighted by atomic mass is 79.9. The molecule has 1 aromatic carbocycles. The summed E-state index contributed by atoms with van der Waals surface area (Å²) in [5, 5.41) is 0. The first-order valence-corrected chi connectivity index (χ1v) is 6.10. The number of nitrogen functional groups attached to an aromatic ring is 1. The molecule has 19 heavy (non-hydrogen) atoms. The van der Waals surface area contributed by atoms with E-state index in [1.807, 2.05) is 0 Å². The van der Waals surface area contributed by atoms with Gasteiger partial charge in [-0.3, -0.25) is 9.59 Å². The summed E-state index contributed by atoms with van der Waals surface area (Å²) < 4.78 is 5.64. The van der Waals surface area contributed by atoms with Crippen LogP contribution in [-0.4, -0.2) is 15.8 Å². The number of Topliss-reactive ketones (excluding diaryl/α,β-unsaturated/α-hetero) is 1. The minimum Gasteiger partial charge on any atom is -0.437 e. The molecule has 0 saturated carbocycles. The summed E-state index contributed by atoms with van der Waals surface area (Å²) in [5.41, 5.74) is 6.04. The highest BCUT2D eigenvalue weighted by Crippen LogP contribution is 2.28. The molecule has 0 radical (unpaired) electrons. The van der Waals surface area contributed by atoms with Crippen molar-refractivity contribution in [3.63, 3.8) is 0 Å². The number of hydrogen-bond donors (Lipinski definition) is 2. The molecule has 6 nitrogen and oxygen atoms in total. The van der Waals surface area contributed by atoms with Crippen LogP contribution in [0.3, 0.4) is 0 Å². The first-order chi connectivity index (χ1) is 8.99. The number of carbonyl (C=O) groups excluding carboxylic acids is 1. The van der Waals surface area contributed by atoms with E-state index in [0.717, 1.165) is 0 Å². The fourth-order valence-electron chi connectivity index (χ4n) is 1.45. The molecule has 98 valence electrons. The number of aromatic amines is 1. The summed E-state index contributed by atoms with van der Waals surface area (Å²) in [6.45, 7) is 1.40. The monoisotopic (exact) mass is 323 g/mol. The minimum absolute atomic E-state index is 0.0796. The van der Waals surface area contributed by atoms with Crippen molar-refractivity contribution in [3.8, 4) is 11.6 Å². The number of hydrogen-bond acceptors (Lipinski definition) is 5. The van der Waals surface area contributed by atoms with Crippen LogP contribution in [0.25, 0.3) is 0 Å². The van der Waals surface area contributed by atoms with Crippen molar-refractivity contribution < 1.29 is 9.53 Å². The van der Waals surface area contributed by atoms with E-state index in [-0.39, 0.29) is 21.7 Å². The number of benzene rings is 1. The molecule has 0 unspecified atom stereocenters. The van der Waals surface area contributed by atoms with E-state index in [1.54, 1.807) is 12.1 Å². The topological polar surface area (TPSA) is 98.1 Å². The van der Waals surface area contributed by atoms with Gasteiger partial charge in [0.2, 0.25) is 5.88 Å². The van der Waals surface area contributed by atoms with Crippen molar-refractivity contribution >= 4 is 27.4 Å². The van der Waals surface area contributed by atoms with E-state index in [2.05, 4.69) is 25.9 Å². The largest absolute Gasteiger partial charge is 0.437 e. The number of nitrogens with one attached hydrogen (secondary N) is 1. The fourth-order valence-corrected chi connectivity index (χ4v) is 1.75. The average Bonchev–Trinajstić information content (AvgIpc) is 2.36. The van der Waals surface area contributed by atoms with Crippen LogP contribution in [0.2, 0.25) is 0 Å². The van der Waals surface area contributed by atoms with Crippen LogP contribution in [0.15, 0.2) is 33.8 Å². The predicted octanol–water partition coefficient (Wildman–Crippen LogP) is 2.11. The first-order valence-electron chi connectivity index (χ1n) is 5.30. The molecular formula is C12H10BrN3O3. The van der Waals surface area contributed by atoms with Gasteiger partial charge >= 0.3 is 0 Å². The van der Waals surface area contributed by atoms with E-state index in [4.69, 9.17) is 10.5 Å². The second-order valence-electron chi connectivity index (χ2n) is 3.76. The van der Waals surface area contributed by atoms with Crippen LogP contribution < -0.4 is 16.0 Å². The Morgan fingerprint density at radius 2 is 2.21 bits per heavy atom. The number of aromatic nitrogens is 2. The number of rotatable bonds is 3.